The van der Waals surface area contributed by atoms with Gasteiger partial charge in [0.25, 0.3) is 0 Å². The van der Waals surface area contributed by atoms with E-state index in [1.807, 2.05) is 11.8 Å². The zero-order valence-corrected chi connectivity index (χ0v) is 9.36. The van der Waals surface area contributed by atoms with E-state index in [1.54, 1.807) is 0 Å². The third-order valence-electron chi connectivity index (χ3n) is 1.65. The van der Waals surface area contributed by atoms with Crippen LogP contribution in [-0.4, -0.2) is 22.7 Å². The smallest absolute Gasteiger partial charge is 0.0630 e. The lowest BCUT2D eigenvalue weighted by Gasteiger charge is -2.10. The molecule has 1 nitrogen and oxygen atoms in total. The molecule has 0 spiro atoms. The van der Waals surface area contributed by atoms with Gasteiger partial charge >= 0.3 is 0 Å². The van der Waals surface area contributed by atoms with Crippen molar-refractivity contribution in [2.24, 2.45) is 5.92 Å². The second kappa shape index (κ2) is 7.93. The summed E-state index contributed by atoms with van der Waals surface area (Å²) >= 11 is 1.87. The van der Waals surface area contributed by atoms with E-state index in [4.69, 9.17) is 0 Å². The van der Waals surface area contributed by atoms with Crippen LogP contribution in [0.5, 0.6) is 0 Å². The SMILES string of the molecule is CCCCC(O)CSCC(C)C. The van der Waals surface area contributed by atoms with Crippen LogP contribution in [0, 0.1) is 5.92 Å². The molecule has 0 aromatic rings. The summed E-state index contributed by atoms with van der Waals surface area (Å²) in [7, 11) is 0. The van der Waals surface area contributed by atoms with E-state index in [0.717, 1.165) is 24.5 Å². The van der Waals surface area contributed by atoms with Crippen LogP contribution in [0.15, 0.2) is 0 Å². The average molecular weight is 190 g/mol. The van der Waals surface area contributed by atoms with Gasteiger partial charge in [-0.25, -0.2) is 0 Å². The summed E-state index contributed by atoms with van der Waals surface area (Å²) in [4.78, 5) is 0. The van der Waals surface area contributed by atoms with Gasteiger partial charge in [0.1, 0.15) is 0 Å². The summed E-state index contributed by atoms with van der Waals surface area (Å²) in [6.45, 7) is 6.59. The lowest BCUT2D eigenvalue weighted by atomic mass is 10.2. The Morgan fingerprint density at radius 3 is 2.42 bits per heavy atom. The minimum atomic E-state index is -0.0753. The van der Waals surface area contributed by atoms with Gasteiger partial charge < -0.3 is 5.11 Å². The molecule has 0 bridgehead atoms. The quantitative estimate of drug-likeness (QED) is 0.666. The zero-order valence-electron chi connectivity index (χ0n) is 8.55. The van der Waals surface area contributed by atoms with Crippen molar-refractivity contribution in [2.75, 3.05) is 11.5 Å². The third kappa shape index (κ3) is 8.41. The molecule has 74 valence electrons. The highest BCUT2D eigenvalue weighted by Crippen LogP contribution is 2.11. The number of aliphatic hydroxyl groups is 1. The fourth-order valence-corrected chi connectivity index (χ4v) is 2.01. The molecule has 1 N–H and O–H groups in total. The molecular weight excluding hydrogens is 168 g/mol. The first-order chi connectivity index (χ1) is 5.66. The van der Waals surface area contributed by atoms with E-state index in [1.165, 1.54) is 12.2 Å². The second-order valence-corrected chi connectivity index (χ2v) is 4.80. The molecule has 0 aromatic heterocycles. The third-order valence-corrected chi connectivity index (χ3v) is 3.18. The largest absolute Gasteiger partial charge is 0.392 e. The van der Waals surface area contributed by atoms with Crippen LogP contribution >= 0.6 is 11.8 Å². The normalized spacial score (nSPS) is 13.8. The molecule has 0 saturated heterocycles. The van der Waals surface area contributed by atoms with Gasteiger partial charge in [-0.05, 0) is 18.1 Å². The molecule has 0 aliphatic heterocycles. The molecular formula is C10H22OS. The maximum absolute atomic E-state index is 9.47. The molecule has 1 atom stereocenters. The van der Waals surface area contributed by atoms with E-state index in [-0.39, 0.29) is 6.10 Å². The van der Waals surface area contributed by atoms with Crippen molar-refractivity contribution in [3.8, 4) is 0 Å². The van der Waals surface area contributed by atoms with Crippen LogP contribution in [0.4, 0.5) is 0 Å². The first kappa shape index (κ1) is 12.3. The van der Waals surface area contributed by atoms with Crippen molar-refractivity contribution in [1.29, 1.82) is 0 Å². The lowest BCUT2D eigenvalue weighted by Crippen LogP contribution is -2.10. The maximum Gasteiger partial charge on any atom is 0.0630 e. The Balaban J connectivity index is 3.13. The molecule has 0 rings (SSSR count). The highest BCUT2D eigenvalue weighted by molar-refractivity contribution is 7.99. The number of thioether (sulfide) groups is 1. The van der Waals surface area contributed by atoms with Crippen molar-refractivity contribution in [1.82, 2.24) is 0 Å². The summed E-state index contributed by atoms with van der Waals surface area (Å²) in [6, 6.07) is 0. The Kier molecular flexibility index (Phi) is 8.14. The highest BCUT2D eigenvalue weighted by atomic mass is 32.2. The Labute approximate surface area is 80.9 Å². The number of hydrogen-bond acceptors (Lipinski definition) is 2. The van der Waals surface area contributed by atoms with Crippen LogP contribution in [0.2, 0.25) is 0 Å². The molecule has 0 amide bonds. The summed E-state index contributed by atoms with van der Waals surface area (Å²) in [6.07, 6.45) is 3.24. The molecule has 12 heavy (non-hydrogen) atoms. The fraction of sp³-hybridized carbons (Fsp3) is 1.00. The van der Waals surface area contributed by atoms with E-state index in [0.29, 0.717) is 0 Å². The summed E-state index contributed by atoms with van der Waals surface area (Å²) in [5.41, 5.74) is 0. The van der Waals surface area contributed by atoms with Crippen molar-refractivity contribution in [2.45, 2.75) is 46.1 Å². The van der Waals surface area contributed by atoms with Crippen molar-refractivity contribution in [3.63, 3.8) is 0 Å². The predicted molar refractivity (Wildman–Crippen MR) is 57.7 cm³/mol. The highest BCUT2D eigenvalue weighted by Gasteiger charge is 2.03. The molecule has 0 aliphatic carbocycles. The topological polar surface area (TPSA) is 20.2 Å². The standard InChI is InChI=1S/C10H22OS/c1-4-5-6-10(11)8-12-7-9(2)3/h9-11H,4-8H2,1-3H3. The molecule has 0 radical (unpaired) electrons. The van der Waals surface area contributed by atoms with Gasteiger partial charge in [-0.1, -0.05) is 33.6 Å². The van der Waals surface area contributed by atoms with Crippen LogP contribution in [0.25, 0.3) is 0 Å². The van der Waals surface area contributed by atoms with Crippen LogP contribution in [0.3, 0.4) is 0 Å². The van der Waals surface area contributed by atoms with Gasteiger partial charge in [-0.3, -0.25) is 0 Å². The van der Waals surface area contributed by atoms with Gasteiger partial charge in [-0.15, -0.1) is 0 Å². The Morgan fingerprint density at radius 2 is 1.92 bits per heavy atom. The molecule has 0 aliphatic rings. The number of unbranched alkanes of at least 4 members (excludes halogenated alkanes) is 1. The van der Waals surface area contributed by atoms with E-state index >= 15 is 0 Å². The van der Waals surface area contributed by atoms with Gasteiger partial charge in [0.05, 0.1) is 6.10 Å². The van der Waals surface area contributed by atoms with Gasteiger partial charge in [-0.2, -0.15) is 11.8 Å². The minimum Gasteiger partial charge on any atom is -0.392 e. The Bertz CT molecular complexity index is 93.8. The van der Waals surface area contributed by atoms with Crippen LogP contribution in [0.1, 0.15) is 40.0 Å². The number of aliphatic hydroxyl groups excluding tert-OH is 1. The monoisotopic (exact) mass is 190 g/mol. The Morgan fingerprint density at radius 1 is 1.25 bits per heavy atom. The van der Waals surface area contributed by atoms with Crippen LogP contribution < -0.4 is 0 Å². The van der Waals surface area contributed by atoms with Gasteiger partial charge in [0.15, 0.2) is 0 Å². The molecule has 2 heteroatoms. The summed E-state index contributed by atoms with van der Waals surface area (Å²) in [5.74, 6) is 2.83. The van der Waals surface area contributed by atoms with E-state index in [9.17, 15) is 5.11 Å². The lowest BCUT2D eigenvalue weighted by molar-refractivity contribution is 0.186. The summed E-state index contributed by atoms with van der Waals surface area (Å²) < 4.78 is 0. The first-order valence-corrected chi connectivity index (χ1v) is 6.08. The fourth-order valence-electron chi connectivity index (χ4n) is 0.963. The van der Waals surface area contributed by atoms with Gasteiger partial charge in [0.2, 0.25) is 0 Å². The van der Waals surface area contributed by atoms with Crippen molar-refractivity contribution >= 4 is 11.8 Å². The molecule has 1 unspecified atom stereocenters. The van der Waals surface area contributed by atoms with Crippen LogP contribution in [-0.2, 0) is 0 Å². The summed E-state index contributed by atoms with van der Waals surface area (Å²) in [5, 5.41) is 9.47. The predicted octanol–water partition coefficient (Wildman–Crippen LogP) is 2.93. The molecule has 0 heterocycles. The number of rotatable bonds is 7. The van der Waals surface area contributed by atoms with E-state index in [2.05, 4.69) is 20.8 Å². The molecule has 0 aromatic carbocycles. The maximum atomic E-state index is 9.47. The van der Waals surface area contributed by atoms with Gasteiger partial charge in [0, 0.05) is 5.75 Å². The molecule has 0 saturated carbocycles. The Hall–Kier alpha value is 0.310. The second-order valence-electron chi connectivity index (χ2n) is 3.73. The van der Waals surface area contributed by atoms with Crippen molar-refractivity contribution in [3.05, 3.63) is 0 Å². The minimum absolute atomic E-state index is 0.0753. The molecule has 0 fully saturated rings. The average Bonchev–Trinajstić information content (AvgIpc) is 2.00. The van der Waals surface area contributed by atoms with Crippen molar-refractivity contribution < 1.29 is 5.11 Å². The first-order valence-electron chi connectivity index (χ1n) is 4.92. The van der Waals surface area contributed by atoms with E-state index < -0.39 is 0 Å². The zero-order chi connectivity index (χ0) is 9.40. The number of hydrogen-bond donors (Lipinski definition) is 1.